The third-order valence-corrected chi connectivity index (χ3v) is 3.10. The zero-order valence-corrected chi connectivity index (χ0v) is 11.6. The van der Waals surface area contributed by atoms with Gasteiger partial charge in [-0.1, -0.05) is 13.0 Å². The molecular weight excluding hydrogens is 238 g/mol. The van der Waals surface area contributed by atoms with Gasteiger partial charge < -0.3 is 10.3 Å². The van der Waals surface area contributed by atoms with Gasteiger partial charge in [0.2, 0.25) is 0 Å². The Kier molecular flexibility index (Phi) is 4.04. The number of nitrogen functional groups attached to an aromatic ring is 1. The van der Waals surface area contributed by atoms with E-state index >= 15 is 0 Å². The molecule has 5 heteroatoms. The van der Waals surface area contributed by atoms with Crippen LogP contribution in [0.5, 0.6) is 0 Å². The Bertz CT molecular complexity index is 564. The Labute approximate surface area is 113 Å². The van der Waals surface area contributed by atoms with Crippen molar-refractivity contribution in [1.29, 1.82) is 0 Å². The van der Waals surface area contributed by atoms with Gasteiger partial charge in [-0.3, -0.25) is 4.68 Å². The molecular formula is C14H21N5. The van der Waals surface area contributed by atoms with Gasteiger partial charge in [-0.15, -0.1) is 6.58 Å². The summed E-state index contributed by atoms with van der Waals surface area (Å²) >= 11 is 0. The smallest absolute Gasteiger partial charge is 0.132 e. The molecule has 0 aliphatic heterocycles. The van der Waals surface area contributed by atoms with E-state index in [2.05, 4.69) is 30.5 Å². The van der Waals surface area contributed by atoms with Gasteiger partial charge in [0.15, 0.2) is 0 Å². The molecule has 0 fully saturated rings. The molecule has 102 valence electrons. The summed E-state index contributed by atoms with van der Waals surface area (Å²) in [6, 6.07) is 0. The molecule has 0 aliphatic rings. The molecule has 0 aliphatic carbocycles. The summed E-state index contributed by atoms with van der Waals surface area (Å²) in [5, 5.41) is 4.27. The molecule has 0 spiro atoms. The van der Waals surface area contributed by atoms with Crippen molar-refractivity contribution in [2.75, 3.05) is 5.73 Å². The fourth-order valence-electron chi connectivity index (χ4n) is 2.13. The highest BCUT2D eigenvalue weighted by Gasteiger charge is 2.16. The molecule has 2 rings (SSSR count). The molecule has 2 aromatic heterocycles. The molecule has 0 saturated heterocycles. The van der Waals surface area contributed by atoms with E-state index in [0.29, 0.717) is 12.4 Å². The van der Waals surface area contributed by atoms with Crippen LogP contribution in [0.25, 0.3) is 11.3 Å². The molecule has 5 nitrogen and oxygen atoms in total. The van der Waals surface area contributed by atoms with Crippen LogP contribution in [-0.4, -0.2) is 19.3 Å². The second kappa shape index (κ2) is 5.73. The van der Waals surface area contributed by atoms with Crippen molar-refractivity contribution in [1.82, 2.24) is 19.3 Å². The average Bonchev–Trinajstić information content (AvgIpc) is 2.98. The Morgan fingerprint density at radius 2 is 2.21 bits per heavy atom. The van der Waals surface area contributed by atoms with Crippen LogP contribution in [-0.2, 0) is 19.5 Å². The van der Waals surface area contributed by atoms with Crippen LogP contribution in [0.4, 0.5) is 5.82 Å². The number of allylic oxidation sites excluding steroid dienone is 1. The second-order valence-corrected chi connectivity index (χ2v) is 4.50. The monoisotopic (exact) mass is 259 g/mol. The van der Waals surface area contributed by atoms with Crippen molar-refractivity contribution in [2.24, 2.45) is 0 Å². The lowest BCUT2D eigenvalue weighted by atomic mass is 10.2. The van der Waals surface area contributed by atoms with Gasteiger partial charge in [-0.25, -0.2) is 4.98 Å². The van der Waals surface area contributed by atoms with E-state index in [1.807, 2.05) is 27.7 Å². The molecule has 0 aromatic carbocycles. The minimum Gasteiger partial charge on any atom is -0.383 e. The number of rotatable bonds is 6. The third-order valence-electron chi connectivity index (χ3n) is 3.10. The predicted molar refractivity (Wildman–Crippen MR) is 77.7 cm³/mol. The molecule has 2 aromatic rings. The summed E-state index contributed by atoms with van der Waals surface area (Å²) in [6.07, 6.45) is 7.60. The van der Waals surface area contributed by atoms with E-state index in [1.165, 1.54) is 0 Å². The Hall–Kier alpha value is -2.04. The first-order valence-corrected chi connectivity index (χ1v) is 6.69. The van der Waals surface area contributed by atoms with E-state index in [0.717, 1.165) is 36.5 Å². The fourth-order valence-corrected chi connectivity index (χ4v) is 2.13. The van der Waals surface area contributed by atoms with E-state index in [1.54, 1.807) is 0 Å². The summed E-state index contributed by atoms with van der Waals surface area (Å²) in [5.41, 5.74) is 8.01. The molecule has 0 atom stereocenters. The molecule has 0 unspecified atom stereocenters. The number of hydrogen-bond donors (Lipinski definition) is 1. The first-order valence-electron chi connectivity index (χ1n) is 6.69. The Morgan fingerprint density at radius 3 is 2.79 bits per heavy atom. The summed E-state index contributed by atoms with van der Waals surface area (Å²) in [6.45, 7) is 9.50. The van der Waals surface area contributed by atoms with Crippen LogP contribution in [0.1, 0.15) is 26.1 Å². The van der Waals surface area contributed by atoms with E-state index in [4.69, 9.17) is 5.73 Å². The van der Waals surface area contributed by atoms with Crippen LogP contribution in [0.15, 0.2) is 25.0 Å². The lowest BCUT2D eigenvalue weighted by Gasteiger charge is -2.05. The zero-order valence-electron chi connectivity index (χ0n) is 11.6. The summed E-state index contributed by atoms with van der Waals surface area (Å²) in [7, 11) is 0. The highest BCUT2D eigenvalue weighted by Crippen LogP contribution is 2.26. The topological polar surface area (TPSA) is 61.7 Å². The standard InChI is InChI=1S/C14H21N5/c1-4-7-12-17-13(14(15)19(12)8-5-2)11-9-16-18(6-3)10-11/h5,9-10H,2,4,6-8,15H2,1,3H3. The van der Waals surface area contributed by atoms with E-state index in [-0.39, 0.29) is 0 Å². The SMILES string of the molecule is C=CCn1c(CCC)nc(-c2cnn(CC)c2)c1N. The van der Waals surface area contributed by atoms with Gasteiger partial charge >= 0.3 is 0 Å². The van der Waals surface area contributed by atoms with Crippen molar-refractivity contribution in [2.45, 2.75) is 39.8 Å². The average molecular weight is 259 g/mol. The Balaban J connectivity index is 2.45. The van der Waals surface area contributed by atoms with Crippen LogP contribution < -0.4 is 5.73 Å². The van der Waals surface area contributed by atoms with Crippen LogP contribution in [0, 0.1) is 0 Å². The summed E-state index contributed by atoms with van der Waals surface area (Å²) < 4.78 is 3.90. The predicted octanol–water partition coefficient (Wildman–Crippen LogP) is 2.49. The Morgan fingerprint density at radius 1 is 1.42 bits per heavy atom. The van der Waals surface area contributed by atoms with Gasteiger partial charge in [0, 0.05) is 31.3 Å². The normalized spacial score (nSPS) is 10.8. The number of nitrogens with zero attached hydrogens (tertiary/aromatic N) is 4. The minimum atomic E-state index is 0.691. The molecule has 2 N–H and O–H groups in total. The van der Waals surface area contributed by atoms with Gasteiger partial charge in [0.05, 0.1) is 6.20 Å². The summed E-state index contributed by atoms with van der Waals surface area (Å²) in [4.78, 5) is 4.67. The maximum atomic E-state index is 6.22. The first kappa shape index (κ1) is 13.4. The summed E-state index contributed by atoms with van der Waals surface area (Å²) in [5.74, 6) is 1.71. The van der Waals surface area contributed by atoms with Gasteiger partial charge in [-0.05, 0) is 13.3 Å². The zero-order chi connectivity index (χ0) is 13.8. The van der Waals surface area contributed by atoms with Crippen molar-refractivity contribution < 1.29 is 0 Å². The van der Waals surface area contributed by atoms with E-state index < -0.39 is 0 Å². The van der Waals surface area contributed by atoms with Crippen LogP contribution in [0.2, 0.25) is 0 Å². The molecule has 19 heavy (non-hydrogen) atoms. The number of anilines is 1. The van der Waals surface area contributed by atoms with Crippen molar-refractivity contribution >= 4 is 5.82 Å². The maximum Gasteiger partial charge on any atom is 0.132 e. The quantitative estimate of drug-likeness (QED) is 0.811. The van der Waals surface area contributed by atoms with Crippen molar-refractivity contribution in [3.63, 3.8) is 0 Å². The number of aryl methyl sites for hydroxylation is 2. The number of hydrogen-bond acceptors (Lipinski definition) is 3. The first-order chi connectivity index (χ1) is 9.21. The lowest BCUT2D eigenvalue weighted by Crippen LogP contribution is -2.05. The molecule has 0 amide bonds. The van der Waals surface area contributed by atoms with Gasteiger partial charge in [0.1, 0.15) is 17.3 Å². The largest absolute Gasteiger partial charge is 0.383 e. The maximum absolute atomic E-state index is 6.22. The third kappa shape index (κ3) is 2.54. The van der Waals surface area contributed by atoms with Crippen molar-refractivity contribution in [3.8, 4) is 11.3 Å². The highest BCUT2D eigenvalue weighted by atomic mass is 15.3. The molecule has 0 radical (unpaired) electrons. The van der Waals surface area contributed by atoms with Gasteiger partial charge in [-0.2, -0.15) is 5.10 Å². The second-order valence-electron chi connectivity index (χ2n) is 4.50. The van der Waals surface area contributed by atoms with E-state index in [9.17, 15) is 0 Å². The number of imidazole rings is 1. The molecule has 0 bridgehead atoms. The highest BCUT2D eigenvalue weighted by molar-refractivity contribution is 5.70. The van der Waals surface area contributed by atoms with Gasteiger partial charge in [0.25, 0.3) is 0 Å². The molecule has 0 saturated carbocycles. The van der Waals surface area contributed by atoms with Crippen LogP contribution in [0.3, 0.4) is 0 Å². The van der Waals surface area contributed by atoms with Crippen molar-refractivity contribution in [3.05, 3.63) is 30.9 Å². The lowest BCUT2D eigenvalue weighted by molar-refractivity contribution is 0.660. The molecule has 2 heterocycles. The van der Waals surface area contributed by atoms with Crippen LogP contribution >= 0.6 is 0 Å². The number of nitrogens with two attached hydrogens (primary N) is 1. The minimum absolute atomic E-state index is 0.691. The number of aromatic nitrogens is 4. The fraction of sp³-hybridized carbons (Fsp3) is 0.429.